The van der Waals surface area contributed by atoms with E-state index >= 15 is 0 Å². The first-order chi connectivity index (χ1) is 8.44. The van der Waals surface area contributed by atoms with Gasteiger partial charge in [0.1, 0.15) is 0 Å². The number of aromatic nitrogens is 2. The van der Waals surface area contributed by atoms with E-state index in [4.69, 9.17) is 0 Å². The van der Waals surface area contributed by atoms with Crippen molar-refractivity contribution in [2.75, 3.05) is 0 Å². The Balaban J connectivity index is 2.64. The lowest BCUT2D eigenvalue weighted by atomic mass is 9.80. The number of nitrogens with one attached hydrogen (secondary N) is 2. The van der Waals surface area contributed by atoms with Crippen LogP contribution in [0.1, 0.15) is 39.2 Å². The fourth-order valence-electron chi connectivity index (χ4n) is 2.36. The van der Waals surface area contributed by atoms with Gasteiger partial charge in [0.15, 0.2) is 0 Å². The molecule has 0 aliphatic rings. The third-order valence-corrected chi connectivity index (χ3v) is 3.40. The molecule has 0 radical (unpaired) electrons. The monoisotopic (exact) mass is 246 g/mol. The van der Waals surface area contributed by atoms with Gasteiger partial charge in [-0.25, -0.2) is 4.79 Å². The summed E-state index contributed by atoms with van der Waals surface area (Å²) in [7, 11) is 0. The van der Waals surface area contributed by atoms with Gasteiger partial charge in [0.05, 0.1) is 10.9 Å². The van der Waals surface area contributed by atoms with Crippen molar-refractivity contribution in [3.8, 4) is 0 Å². The largest absolute Gasteiger partial charge is 0.326 e. The van der Waals surface area contributed by atoms with Crippen LogP contribution in [0, 0.1) is 0 Å². The molecule has 2 aromatic rings. The molecule has 0 aliphatic carbocycles. The molecule has 0 atom stereocenters. The zero-order valence-corrected chi connectivity index (χ0v) is 11.0. The van der Waals surface area contributed by atoms with Crippen molar-refractivity contribution in [2.24, 2.45) is 0 Å². The summed E-state index contributed by atoms with van der Waals surface area (Å²) in [5, 5.41) is 0.538. The van der Waals surface area contributed by atoms with E-state index in [-0.39, 0.29) is 11.0 Å². The summed E-state index contributed by atoms with van der Waals surface area (Å²) in [6.45, 7) is 6.47. The number of aromatic amines is 2. The second-order valence-electron chi connectivity index (χ2n) is 5.30. The fraction of sp³-hybridized carbons (Fsp3) is 0.429. The molecule has 1 aromatic carbocycles. The summed E-state index contributed by atoms with van der Waals surface area (Å²) in [5.41, 5.74) is 0.941. The summed E-state index contributed by atoms with van der Waals surface area (Å²) in [4.78, 5) is 27.8. The molecule has 2 rings (SSSR count). The van der Waals surface area contributed by atoms with Crippen molar-refractivity contribution in [3.63, 3.8) is 0 Å². The van der Waals surface area contributed by atoms with Crippen LogP contribution in [0.5, 0.6) is 0 Å². The number of benzene rings is 1. The Kier molecular flexibility index (Phi) is 3.11. The van der Waals surface area contributed by atoms with Gasteiger partial charge in [-0.15, -0.1) is 0 Å². The van der Waals surface area contributed by atoms with Gasteiger partial charge in [0, 0.05) is 0 Å². The topological polar surface area (TPSA) is 65.7 Å². The van der Waals surface area contributed by atoms with Crippen LogP contribution < -0.4 is 11.2 Å². The van der Waals surface area contributed by atoms with E-state index in [9.17, 15) is 9.59 Å². The van der Waals surface area contributed by atoms with E-state index in [1.165, 1.54) is 0 Å². The quantitative estimate of drug-likeness (QED) is 0.872. The zero-order valence-electron chi connectivity index (χ0n) is 11.0. The maximum Gasteiger partial charge on any atom is 0.326 e. The van der Waals surface area contributed by atoms with Crippen LogP contribution in [-0.2, 0) is 5.41 Å². The highest BCUT2D eigenvalue weighted by atomic mass is 16.2. The summed E-state index contributed by atoms with van der Waals surface area (Å²) in [6, 6.07) is 5.66. The SMILES string of the molecule is CCCC(C)(C)c1ccc2[nH]c(=O)[nH]c(=O)c2c1. The number of hydrogen-bond acceptors (Lipinski definition) is 2. The van der Waals surface area contributed by atoms with Crippen molar-refractivity contribution in [1.29, 1.82) is 0 Å². The zero-order chi connectivity index (χ0) is 13.3. The highest BCUT2D eigenvalue weighted by molar-refractivity contribution is 5.78. The van der Waals surface area contributed by atoms with Gasteiger partial charge in [-0.1, -0.05) is 33.3 Å². The Morgan fingerprint density at radius 1 is 1.17 bits per heavy atom. The Labute approximate surface area is 105 Å². The lowest BCUT2D eigenvalue weighted by molar-refractivity contribution is 0.473. The van der Waals surface area contributed by atoms with Crippen molar-refractivity contribution in [2.45, 2.75) is 39.0 Å². The molecular weight excluding hydrogens is 228 g/mol. The molecule has 1 aromatic heterocycles. The van der Waals surface area contributed by atoms with Crippen LogP contribution in [0.25, 0.3) is 10.9 Å². The highest BCUT2D eigenvalue weighted by Crippen LogP contribution is 2.29. The van der Waals surface area contributed by atoms with E-state index in [1.54, 1.807) is 6.07 Å². The van der Waals surface area contributed by atoms with Gasteiger partial charge >= 0.3 is 5.69 Å². The van der Waals surface area contributed by atoms with E-state index in [1.807, 2.05) is 12.1 Å². The Hall–Kier alpha value is -1.84. The first-order valence-electron chi connectivity index (χ1n) is 6.21. The van der Waals surface area contributed by atoms with Gasteiger partial charge < -0.3 is 4.98 Å². The van der Waals surface area contributed by atoms with Crippen molar-refractivity contribution in [1.82, 2.24) is 9.97 Å². The first-order valence-corrected chi connectivity index (χ1v) is 6.21. The average molecular weight is 246 g/mol. The van der Waals surface area contributed by atoms with Gasteiger partial charge in [-0.3, -0.25) is 9.78 Å². The predicted molar refractivity (Wildman–Crippen MR) is 73.1 cm³/mol. The third-order valence-electron chi connectivity index (χ3n) is 3.40. The molecule has 1 heterocycles. The molecular formula is C14H18N2O2. The average Bonchev–Trinajstić information content (AvgIpc) is 2.28. The third kappa shape index (κ3) is 2.23. The minimum absolute atomic E-state index is 0.0333. The van der Waals surface area contributed by atoms with Gasteiger partial charge in [0.25, 0.3) is 5.56 Å². The molecule has 96 valence electrons. The second kappa shape index (κ2) is 4.44. The molecule has 0 spiro atoms. The standard InChI is InChI=1S/C14H18N2O2/c1-4-7-14(2,3)9-5-6-11-10(8-9)12(17)16-13(18)15-11/h5-6,8H,4,7H2,1-3H3,(H2,15,16,17,18). The number of hydrogen-bond donors (Lipinski definition) is 2. The minimum Gasteiger partial charge on any atom is -0.307 e. The Morgan fingerprint density at radius 2 is 1.89 bits per heavy atom. The molecule has 4 heteroatoms. The molecule has 0 saturated heterocycles. The van der Waals surface area contributed by atoms with Gasteiger partial charge in [-0.2, -0.15) is 0 Å². The van der Waals surface area contributed by atoms with Crippen molar-refractivity contribution >= 4 is 10.9 Å². The number of fused-ring (bicyclic) bond motifs is 1. The van der Waals surface area contributed by atoms with Crippen LogP contribution in [0.15, 0.2) is 27.8 Å². The van der Waals surface area contributed by atoms with E-state index in [0.29, 0.717) is 10.9 Å². The second-order valence-corrected chi connectivity index (χ2v) is 5.30. The minimum atomic E-state index is -0.465. The van der Waals surface area contributed by atoms with Crippen LogP contribution in [0.2, 0.25) is 0 Å². The number of rotatable bonds is 3. The molecule has 0 unspecified atom stereocenters. The Bertz CT molecular complexity index is 680. The lowest BCUT2D eigenvalue weighted by Crippen LogP contribution is -2.23. The lowest BCUT2D eigenvalue weighted by Gasteiger charge is -2.24. The molecule has 0 fully saturated rings. The van der Waals surface area contributed by atoms with Crippen molar-refractivity contribution < 1.29 is 0 Å². The summed E-state index contributed by atoms with van der Waals surface area (Å²) >= 11 is 0. The normalized spacial score (nSPS) is 11.9. The summed E-state index contributed by atoms with van der Waals surface area (Å²) < 4.78 is 0. The van der Waals surface area contributed by atoms with Gasteiger partial charge in [0.2, 0.25) is 0 Å². The highest BCUT2D eigenvalue weighted by Gasteiger charge is 2.20. The molecule has 0 aliphatic heterocycles. The molecule has 18 heavy (non-hydrogen) atoms. The fourth-order valence-corrected chi connectivity index (χ4v) is 2.36. The van der Waals surface area contributed by atoms with Crippen molar-refractivity contribution in [3.05, 3.63) is 44.6 Å². The first kappa shape index (κ1) is 12.6. The summed E-state index contributed by atoms with van der Waals surface area (Å²) in [5.74, 6) is 0. The van der Waals surface area contributed by atoms with Gasteiger partial charge in [-0.05, 0) is 29.5 Å². The Morgan fingerprint density at radius 3 is 2.56 bits per heavy atom. The maximum absolute atomic E-state index is 11.8. The molecule has 0 amide bonds. The van der Waals surface area contributed by atoms with E-state index < -0.39 is 5.69 Å². The predicted octanol–water partition coefficient (Wildman–Crippen LogP) is 2.29. The number of H-pyrrole nitrogens is 2. The maximum atomic E-state index is 11.8. The van der Waals surface area contributed by atoms with Crippen LogP contribution in [0.3, 0.4) is 0 Å². The van der Waals surface area contributed by atoms with E-state index in [2.05, 4.69) is 30.7 Å². The molecule has 0 saturated carbocycles. The van der Waals surface area contributed by atoms with Crippen LogP contribution in [-0.4, -0.2) is 9.97 Å². The molecule has 2 N–H and O–H groups in total. The van der Waals surface area contributed by atoms with Crippen LogP contribution >= 0.6 is 0 Å². The molecule has 4 nitrogen and oxygen atoms in total. The summed E-state index contributed by atoms with van der Waals surface area (Å²) in [6.07, 6.45) is 2.15. The van der Waals surface area contributed by atoms with Crippen LogP contribution in [0.4, 0.5) is 0 Å². The smallest absolute Gasteiger partial charge is 0.307 e. The van der Waals surface area contributed by atoms with E-state index in [0.717, 1.165) is 18.4 Å². The molecule has 0 bridgehead atoms.